The third kappa shape index (κ3) is 3.13. The number of phenols is 1. The lowest BCUT2D eigenvalue weighted by Crippen LogP contribution is -2.15. The van der Waals surface area contributed by atoms with E-state index in [2.05, 4.69) is 10.1 Å². The molecule has 0 bridgehead atoms. The summed E-state index contributed by atoms with van der Waals surface area (Å²) in [6, 6.07) is 5.05. The van der Waals surface area contributed by atoms with Gasteiger partial charge in [0.15, 0.2) is 0 Å². The number of alkyl halides is 3. The summed E-state index contributed by atoms with van der Waals surface area (Å²) in [6.45, 7) is 3.39. The van der Waals surface area contributed by atoms with Crippen LogP contribution in [0.4, 0.5) is 19.0 Å². The molecule has 2 aromatic heterocycles. The molecule has 0 radical (unpaired) electrons. The third-order valence-electron chi connectivity index (χ3n) is 4.32. The first-order chi connectivity index (χ1) is 13.0. The van der Waals surface area contributed by atoms with Crippen LogP contribution in [0, 0.1) is 13.8 Å². The molecule has 0 fully saturated rings. The monoisotopic (exact) mass is 391 g/mol. The number of anilines is 1. The number of halogens is 3. The second-order valence-electron chi connectivity index (χ2n) is 6.19. The van der Waals surface area contributed by atoms with Crippen LogP contribution in [0.2, 0.25) is 0 Å². The number of rotatable bonds is 3. The number of nitrogens with zero attached hydrogens (tertiary/aromatic N) is 3. The molecule has 0 unspecified atom stereocenters. The van der Waals surface area contributed by atoms with Gasteiger partial charge < -0.3 is 16.6 Å². The Bertz CT molecular complexity index is 1070. The maximum Gasteiger partial charge on any atom is 0.417 e. The van der Waals surface area contributed by atoms with E-state index in [9.17, 15) is 23.1 Å². The average Bonchev–Trinajstić information content (AvgIpc) is 2.95. The quantitative estimate of drug-likeness (QED) is 0.634. The lowest BCUT2D eigenvalue weighted by atomic mass is 10.1. The Balaban J connectivity index is 2.24. The molecule has 3 aromatic rings. The van der Waals surface area contributed by atoms with Crippen molar-refractivity contribution in [1.82, 2.24) is 14.8 Å². The molecule has 1 aromatic carbocycles. The summed E-state index contributed by atoms with van der Waals surface area (Å²) in [5, 5.41) is 14.3. The zero-order valence-corrected chi connectivity index (χ0v) is 14.9. The Morgan fingerprint density at radius 1 is 1.18 bits per heavy atom. The van der Waals surface area contributed by atoms with Gasteiger partial charge in [-0.25, -0.2) is 4.68 Å². The molecule has 2 heterocycles. The van der Waals surface area contributed by atoms with Gasteiger partial charge in [0.05, 0.1) is 16.9 Å². The van der Waals surface area contributed by atoms with Gasteiger partial charge in [-0.1, -0.05) is 6.07 Å². The summed E-state index contributed by atoms with van der Waals surface area (Å²) in [4.78, 5) is 15.7. The zero-order chi connectivity index (χ0) is 20.8. The number of benzene rings is 1. The number of phenolic OH excluding ortho intramolecular Hbond substituents is 1. The van der Waals surface area contributed by atoms with Gasteiger partial charge in [-0.3, -0.25) is 9.78 Å². The predicted octanol–water partition coefficient (Wildman–Crippen LogP) is 2.96. The van der Waals surface area contributed by atoms with Crippen LogP contribution in [0.1, 0.15) is 27.0 Å². The van der Waals surface area contributed by atoms with Gasteiger partial charge in [0.2, 0.25) is 0 Å². The molecule has 28 heavy (non-hydrogen) atoms. The molecule has 0 aliphatic heterocycles. The second-order valence-corrected chi connectivity index (χ2v) is 6.19. The van der Waals surface area contributed by atoms with E-state index < -0.39 is 17.6 Å². The number of primary amides is 1. The van der Waals surface area contributed by atoms with Crippen LogP contribution >= 0.6 is 0 Å². The Morgan fingerprint density at radius 2 is 1.86 bits per heavy atom. The smallest absolute Gasteiger partial charge is 0.417 e. The molecule has 0 spiro atoms. The molecule has 0 atom stereocenters. The zero-order valence-electron chi connectivity index (χ0n) is 14.9. The number of carbonyl (C=O) groups is 1. The highest BCUT2D eigenvalue weighted by Gasteiger charge is 2.31. The maximum absolute atomic E-state index is 12.8. The van der Waals surface area contributed by atoms with Crippen molar-refractivity contribution in [3.63, 3.8) is 0 Å². The first-order valence-corrected chi connectivity index (χ1v) is 8.03. The van der Waals surface area contributed by atoms with Gasteiger partial charge in [-0.15, -0.1) is 0 Å². The molecule has 7 nitrogen and oxygen atoms in total. The largest absolute Gasteiger partial charge is 0.508 e. The number of pyridine rings is 1. The van der Waals surface area contributed by atoms with Crippen molar-refractivity contribution < 1.29 is 23.1 Å². The maximum atomic E-state index is 12.8. The molecule has 146 valence electrons. The molecule has 1 amide bonds. The van der Waals surface area contributed by atoms with Gasteiger partial charge >= 0.3 is 6.18 Å². The van der Waals surface area contributed by atoms with Gasteiger partial charge in [0, 0.05) is 11.8 Å². The standard InChI is InChI=1S/C18H16F3N5O2/c1-8-3-6-12(27)9(2)15(8)26-16(22)13(17(23)28)14(25-26)11-5-4-10(7-24-11)18(19,20)21/h3-7,27H,22H2,1-2H3,(H2,23,28). The van der Waals surface area contributed by atoms with Gasteiger partial charge in [-0.05, 0) is 37.6 Å². The fourth-order valence-electron chi connectivity index (χ4n) is 2.88. The number of aryl methyl sites for hydroxylation is 1. The molecular formula is C18H16F3N5O2. The van der Waals surface area contributed by atoms with Crippen LogP contribution in [0.3, 0.4) is 0 Å². The molecular weight excluding hydrogens is 375 g/mol. The number of amides is 1. The number of aromatic hydroxyl groups is 1. The molecule has 0 aliphatic carbocycles. The Kier molecular flexibility index (Phi) is 4.50. The van der Waals surface area contributed by atoms with E-state index >= 15 is 0 Å². The lowest BCUT2D eigenvalue weighted by Gasteiger charge is -2.12. The fraction of sp³-hybridized carbons (Fsp3) is 0.167. The number of aromatic nitrogens is 3. The minimum atomic E-state index is -4.55. The summed E-state index contributed by atoms with van der Waals surface area (Å²) in [6.07, 6.45) is -3.91. The Hall–Kier alpha value is -3.56. The molecule has 10 heteroatoms. The van der Waals surface area contributed by atoms with E-state index in [4.69, 9.17) is 11.5 Å². The summed E-state index contributed by atoms with van der Waals surface area (Å²) < 4.78 is 39.5. The van der Waals surface area contributed by atoms with Crippen molar-refractivity contribution in [2.75, 3.05) is 5.73 Å². The predicted molar refractivity (Wildman–Crippen MR) is 95.9 cm³/mol. The highest BCUT2D eigenvalue weighted by molar-refractivity contribution is 6.03. The molecule has 0 saturated carbocycles. The topological polar surface area (TPSA) is 120 Å². The van der Waals surface area contributed by atoms with Crippen LogP contribution in [-0.4, -0.2) is 25.8 Å². The molecule has 0 saturated heterocycles. The summed E-state index contributed by atoms with van der Waals surface area (Å²) >= 11 is 0. The van der Waals surface area contributed by atoms with E-state index in [-0.39, 0.29) is 28.5 Å². The van der Waals surface area contributed by atoms with Gasteiger partial charge in [-0.2, -0.15) is 18.3 Å². The van der Waals surface area contributed by atoms with Crippen LogP contribution in [0.15, 0.2) is 30.5 Å². The number of hydrogen-bond acceptors (Lipinski definition) is 5. The van der Waals surface area contributed by atoms with Gasteiger partial charge in [0.1, 0.15) is 22.8 Å². The summed E-state index contributed by atoms with van der Waals surface area (Å²) in [5.74, 6) is -1.03. The highest BCUT2D eigenvalue weighted by atomic mass is 19.4. The molecule has 3 rings (SSSR count). The number of nitrogens with two attached hydrogens (primary N) is 2. The van der Waals surface area contributed by atoms with E-state index in [0.29, 0.717) is 23.0 Å². The molecule has 0 aliphatic rings. The number of carbonyl (C=O) groups excluding carboxylic acids is 1. The number of hydrogen-bond donors (Lipinski definition) is 3. The van der Waals surface area contributed by atoms with Crippen LogP contribution in [0.25, 0.3) is 17.1 Å². The minimum Gasteiger partial charge on any atom is -0.508 e. The van der Waals surface area contributed by atoms with E-state index in [1.807, 2.05) is 0 Å². The van der Waals surface area contributed by atoms with Crippen molar-refractivity contribution in [1.29, 1.82) is 0 Å². The summed E-state index contributed by atoms with van der Waals surface area (Å²) in [5.41, 5.74) is 11.9. The fourth-order valence-corrected chi connectivity index (χ4v) is 2.88. The van der Waals surface area contributed by atoms with Crippen molar-refractivity contribution in [3.05, 3.63) is 52.7 Å². The number of nitrogen functional groups attached to an aromatic ring is 1. The van der Waals surface area contributed by atoms with Crippen molar-refractivity contribution in [3.8, 4) is 22.8 Å². The van der Waals surface area contributed by atoms with Crippen molar-refractivity contribution in [2.24, 2.45) is 5.73 Å². The third-order valence-corrected chi connectivity index (χ3v) is 4.32. The highest BCUT2D eigenvalue weighted by Crippen LogP contribution is 2.34. The van der Waals surface area contributed by atoms with Crippen molar-refractivity contribution in [2.45, 2.75) is 20.0 Å². The van der Waals surface area contributed by atoms with E-state index in [1.54, 1.807) is 19.9 Å². The lowest BCUT2D eigenvalue weighted by molar-refractivity contribution is -0.137. The van der Waals surface area contributed by atoms with Gasteiger partial charge in [0.25, 0.3) is 5.91 Å². The Labute approximate surface area is 157 Å². The van der Waals surface area contributed by atoms with Crippen molar-refractivity contribution >= 4 is 11.7 Å². The summed E-state index contributed by atoms with van der Waals surface area (Å²) in [7, 11) is 0. The van der Waals surface area contributed by atoms with E-state index in [1.165, 1.54) is 10.7 Å². The van der Waals surface area contributed by atoms with Crippen LogP contribution in [0.5, 0.6) is 5.75 Å². The van der Waals surface area contributed by atoms with Crippen LogP contribution < -0.4 is 11.5 Å². The van der Waals surface area contributed by atoms with E-state index in [0.717, 1.165) is 12.1 Å². The second kappa shape index (κ2) is 6.55. The molecule has 5 N–H and O–H groups in total. The Morgan fingerprint density at radius 3 is 2.39 bits per heavy atom. The van der Waals surface area contributed by atoms with Crippen LogP contribution in [-0.2, 0) is 6.18 Å². The normalized spacial score (nSPS) is 11.6. The average molecular weight is 391 g/mol. The first-order valence-electron chi connectivity index (χ1n) is 8.03. The SMILES string of the molecule is Cc1ccc(O)c(C)c1-n1nc(-c2ccc(C(F)(F)F)cn2)c(C(N)=O)c1N. The minimum absolute atomic E-state index is 0.00251. The first kappa shape index (κ1) is 19.2.